The Balaban J connectivity index is 0. The zero-order valence-corrected chi connectivity index (χ0v) is 7.66. The molecule has 0 aromatic rings. The molecule has 0 fully saturated rings. The Morgan fingerprint density at radius 3 is 1.83 bits per heavy atom. The van der Waals surface area contributed by atoms with E-state index in [9.17, 15) is 0 Å². The van der Waals surface area contributed by atoms with Crippen molar-refractivity contribution in [1.29, 1.82) is 0 Å². The van der Waals surface area contributed by atoms with Gasteiger partial charge in [0.05, 0.1) is 0 Å². The van der Waals surface area contributed by atoms with Gasteiger partial charge < -0.3 is 16.8 Å². The summed E-state index contributed by atoms with van der Waals surface area (Å²) in [5.41, 5.74) is 0. The number of carboxylic acids is 1. The molecule has 0 atom stereocenters. The first-order chi connectivity index (χ1) is 2.73. The van der Waals surface area contributed by atoms with Gasteiger partial charge in [-0.1, -0.05) is 0 Å². The monoisotopic (exact) mass is 201 g/mol. The van der Waals surface area contributed by atoms with Crippen LogP contribution < -0.4 is 5.11 Å². The van der Waals surface area contributed by atoms with E-state index in [4.69, 9.17) is 9.90 Å². The van der Waals surface area contributed by atoms with Gasteiger partial charge >= 0.3 is 30.0 Å². The predicted octanol–water partition coefficient (Wildman–Crippen LogP) is -0.587. The van der Waals surface area contributed by atoms with E-state index < -0.39 is 5.97 Å². The molecule has 0 saturated carbocycles. The average Bonchev–Trinajstić information content (AvgIpc) is 1.41. The first-order valence-electron chi connectivity index (χ1n) is 1.03. The van der Waals surface area contributed by atoms with Gasteiger partial charge in [0.15, 0.2) is 0 Å². The molecular formula is C2H2BrO2Zn-. The fourth-order valence-electron chi connectivity index (χ4n) is 0. The van der Waals surface area contributed by atoms with Crippen molar-refractivity contribution < 1.29 is 26.2 Å². The first-order valence-corrected chi connectivity index (χ1v) is 7.98. The Morgan fingerprint density at radius 1 is 1.83 bits per heavy atom. The van der Waals surface area contributed by atoms with Gasteiger partial charge in [0.1, 0.15) is 0 Å². The normalized spacial score (nSPS) is 5.17. The maximum atomic E-state index is 8.78. The Morgan fingerprint density at radius 2 is 1.83 bits per heavy atom. The van der Waals surface area contributed by atoms with Crippen molar-refractivity contribution in [1.82, 2.24) is 0 Å². The summed E-state index contributed by atoms with van der Waals surface area (Å²) in [4.78, 5) is 8.78. The van der Waals surface area contributed by atoms with Crippen molar-refractivity contribution in [2.75, 3.05) is 0 Å². The maximum absolute atomic E-state index is 8.78. The Hall–Kier alpha value is 0.443. The molecule has 32 valence electrons. The number of carbonyl (C=O) groups is 1. The summed E-state index contributed by atoms with van der Waals surface area (Å²) in [6.07, 6.45) is 0. The standard InChI is InChI=1S/C2H3O2.BrH.Zn/c1-2(3)4;;/h1H2,(H,3,4);1H;/q-1;;+2/p-2. The number of hydrogen-bond donors (Lipinski definition) is 0. The van der Waals surface area contributed by atoms with E-state index in [1.807, 2.05) is 0 Å². The summed E-state index contributed by atoms with van der Waals surface area (Å²) >= 11 is 4.25. The number of aliphatic carboxylic acids is 1. The Kier molecular flexibility index (Phi) is 14.6. The van der Waals surface area contributed by atoms with Gasteiger partial charge in [0, 0.05) is 0 Å². The van der Waals surface area contributed by atoms with E-state index in [0.717, 1.165) is 0 Å². The van der Waals surface area contributed by atoms with Gasteiger partial charge in [-0.2, -0.15) is 0 Å². The third kappa shape index (κ3) is 268. The van der Waals surface area contributed by atoms with Crippen LogP contribution in [0.1, 0.15) is 0 Å². The quantitative estimate of drug-likeness (QED) is 0.390. The SMILES string of the molecule is [CH2-]C(=O)[O-].[Zn+][Br]. The number of carbonyl (C=O) groups excluding carboxylic acids is 1. The minimum atomic E-state index is -1.33. The second-order valence-corrected chi connectivity index (χ2v) is 0.372. The van der Waals surface area contributed by atoms with Gasteiger partial charge in [-0.05, 0) is 0 Å². The van der Waals surface area contributed by atoms with Crippen LogP contribution in [-0.2, 0) is 21.1 Å². The summed E-state index contributed by atoms with van der Waals surface area (Å²) < 4.78 is 0. The van der Waals surface area contributed by atoms with Crippen molar-refractivity contribution in [3.63, 3.8) is 0 Å². The van der Waals surface area contributed by atoms with E-state index in [2.05, 4.69) is 20.5 Å². The van der Waals surface area contributed by atoms with Gasteiger partial charge in [-0.3, -0.25) is 0 Å². The van der Waals surface area contributed by atoms with Crippen molar-refractivity contribution in [2.45, 2.75) is 0 Å². The number of carboxylic acid groups (broad SMARTS) is 1. The molecule has 0 saturated heterocycles. The molecule has 0 aromatic carbocycles. The Bertz CT molecular complexity index is 34.5. The van der Waals surface area contributed by atoms with E-state index in [1.54, 1.807) is 0 Å². The number of halogens is 1. The molecule has 0 aliphatic heterocycles. The molecule has 0 radical (unpaired) electrons. The summed E-state index contributed by atoms with van der Waals surface area (Å²) in [5, 5.41) is 8.78. The van der Waals surface area contributed by atoms with Crippen molar-refractivity contribution in [3.05, 3.63) is 6.92 Å². The summed E-state index contributed by atoms with van der Waals surface area (Å²) in [6.45, 7) is 2.44. The molecule has 0 amide bonds. The molecule has 0 heterocycles. The summed E-state index contributed by atoms with van der Waals surface area (Å²) in [5.74, 6) is -1.33. The molecule has 0 bridgehead atoms. The van der Waals surface area contributed by atoms with Gasteiger partial charge in [-0.15, -0.1) is 5.97 Å². The number of hydrogen-bond acceptors (Lipinski definition) is 2. The van der Waals surface area contributed by atoms with Crippen LogP contribution in [0, 0.1) is 6.92 Å². The molecular weight excluding hydrogens is 201 g/mol. The van der Waals surface area contributed by atoms with Crippen molar-refractivity contribution in [2.24, 2.45) is 0 Å². The molecule has 0 spiro atoms. The van der Waals surface area contributed by atoms with Crippen LogP contribution in [-0.4, -0.2) is 5.97 Å². The fraction of sp³-hybridized carbons (Fsp3) is 0. The minimum absolute atomic E-state index is 1.19. The predicted molar refractivity (Wildman–Crippen MR) is 19.3 cm³/mol. The van der Waals surface area contributed by atoms with E-state index in [-0.39, 0.29) is 0 Å². The Labute approximate surface area is 53.0 Å². The van der Waals surface area contributed by atoms with Crippen LogP contribution in [0.15, 0.2) is 0 Å². The van der Waals surface area contributed by atoms with Crippen molar-refractivity contribution >= 4 is 19.6 Å². The molecule has 0 aliphatic carbocycles. The second kappa shape index (κ2) is 9.06. The van der Waals surface area contributed by atoms with Gasteiger partial charge in [0.25, 0.3) is 0 Å². The van der Waals surface area contributed by atoms with Crippen LogP contribution >= 0.6 is 13.6 Å². The topological polar surface area (TPSA) is 40.1 Å². The fourth-order valence-corrected chi connectivity index (χ4v) is 0. The van der Waals surface area contributed by atoms with Crippen LogP contribution in [0.25, 0.3) is 0 Å². The van der Waals surface area contributed by atoms with E-state index in [1.165, 1.54) is 16.3 Å². The average molecular weight is 203 g/mol. The van der Waals surface area contributed by atoms with Crippen LogP contribution in [0.2, 0.25) is 0 Å². The molecule has 2 nitrogen and oxygen atoms in total. The molecule has 0 rings (SSSR count). The summed E-state index contributed by atoms with van der Waals surface area (Å²) in [6, 6.07) is 0. The summed E-state index contributed by atoms with van der Waals surface area (Å²) in [7, 11) is 0. The van der Waals surface area contributed by atoms with Crippen LogP contribution in [0.5, 0.6) is 0 Å². The zero-order valence-electron chi connectivity index (χ0n) is 3.11. The van der Waals surface area contributed by atoms with Crippen molar-refractivity contribution in [3.8, 4) is 0 Å². The molecule has 0 aliphatic rings. The second-order valence-electron chi connectivity index (χ2n) is 0.372. The molecule has 6 heavy (non-hydrogen) atoms. The third-order valence-corrected chi connectivity index (χ3v) is 0. The third-order valence-electron chi connectivity index (χ3n) is 0. The first kappa shape index (κ1) is 9.67. The van der Waals surface area contributed by atoms with E-state index in [0.29, 0.717) is 0 Å². The molecule has 4 heteroatoms. The molecule has 0 aromatic heterocycles. The zero-order chi connectivity index (χ0) is 5.58. The molecule has 0 unspecified atom stereocenters. The van der Waals surface area contributed by atoms with Gasteiger partial charge in [-0.25, -0.2) is 0 Å². The van der Waals surface area contributed by atoms with Crippen LogP contribution in [0.4, 0.5) is 0 Å². The molecule has 0 N–H and O–H groups in total. The number of rotatable bonds is 0. The van der Waals surface area contributed by atoms with E-state index >= 15 is 0 Å². The van der Waals surface area contributed by atoms with Gasteiger partial charge in [0.2, 0.25) is 0 Å². The van der Waals surface area contributed by atoms with Crippen LogP contribution in [0.3, 0.4) is 0 Å².